The van der Waals surface area contributed by atoms with Crippen LogP contribution < -0.4 is 16.6 Å². The van der Waals surface area contributed by atoms with E-state index in [1.54, 1.807) is 12.1 Å². The number of anilines is 1. The van der Waals surface area contributed by atoms with Crippen molar-refractivity contribution >= 4 is 17.4 Å². The van der Waals surface area contributed by atoms with Gasteiger partial charge in [-0.25, -0.2) is 9.36 Å². The smallest absolute Gasteiger partial charge is 0.334 e. The molecule has 2 aromatic rings. The van der Waals surface area contributed by atoms with E-state index in [1.807, 2.05) is 13.0 Å². The second-order valence-corrected chi connectivity index (χ2v) is 6.55. The Kier molecular flexibility index (Phi) is 4.51. The van der Waals surface area contributed by atoms with Crippen LogP contribution in [0.5, 0.6) is 0 Å². The number of aromatic amines is 1. The summed E-state index contributed by atoms with van der Waals surface area (Å²) in [6, 6.07) is 5.74. The summed E-state index contributed by atoms with van der Waals surface area (Å²) in [5.41, 5.74) is 1.23. The minimum Gasteiger partial charge on any atom is -0.358 e. The third-order valence-corrected chi connectivity index (χ3v) is 5.12. The van der Waals surface area contributed by atoms with Crippen LogP contribution in [-0.4, -0.2) is 27.2 Å². The molecule has 0 saturated carbocycles. The Morgan fingerprint density at radius 2 is 2.08 bits per heavy atom. The number of aromatic nitrogens is 2. The van der Waals surface area contributed by atoms with E-state index in [2.05, 4.69) is 29.0 Å². The zero-order valence-electron chi connectivity index (χ0n) is 14.0. The van der Waals surface area contributed by atoms with E-state index >= 15 is 0 Å². The van der Waals surface area contributed by atoms with Crippen LogP contribution in [-0.2, 0) is 6.54 Å². The van der Waals surface area contributed by atoms with Crippen molar-refractivity contribution in [2.75, 3.05) is 12.0 Å². The van der Waals surface area contributed by atoms with E-state index in [-0.39, 0.29) is 5.56 Å². The second kappa shape index (κ2) is 6.45. The zero-order valence-corrected chi connectivity index (χ0v) is 14.8. The molecule has 1 aliphatic rings. The second-order valence-electron chi connectivity index (χ2n) is 6.14. The first-order valence-corrected chi connectivity index (χ1v) is 8.43. The molecule has 1 aromatic carbocycles. The molecule has 128 valence electrons. The van der Waals surface area contributed by atoms with E-state index in [1.165, 1.54) is 4.57 Å². The van der Waals surface area contributed by atoms with E-state index in [0.29, 0.717) is 41.3 Å². The maximum Gasteiger partial charge on any atom is 0.334 e. The summed E-state index contributed by atoms with van der Waals surface area (Å²) in [5.74, 6) is 0.550. The molecule has 0 spiro atoms. The fourth-order valence-electron chi connectivity index (χ4n) is 2.98. The highest BCUT2D eigenvalue weighted by atomic mass is 35.5. The average molecular weight is 349 g/mol. The highest BCUT2D eigenvalue weighted by molar-refractivity contribution is 6.31. The lowest BCUT2D eigenvalue weighted by molar-refractivity contribution is 0.200. The fourth-order valence-corrected chi connectivity index (χ4v) is 3.15. The molecule has 0 fully saturated rings. The number of nitrogens with zero attached hydrogens (tertiary/aromatic N) is 2. The Morgan fingerprint density at radius 1 is 1.33 bits per heavy atom. The Bertz CT molecular complexity index is 887. The van der Waals surface area contributed by atoms with Gasteiger partial charge in [-0.05, 0) is 38.0 Å². The molecule has 1 aromatic heterocycles. The van der Waals surface area contributed by atoms with Gasteiger partial charge in [0.25, 0.3) is 5.56 Å². The van der Waals surface area contributed by atoms with Crippen LogP contribution in [0.4, 0.5) is 5.82 Å². The molecule has 7 heteroatoms. The van der Waals surface area contributed by atoms with Gasteiger partial charge in [-0.3, -0.25) is 14.7 Å². The standard InChI is InChI=1S/C17H21ClN4O2/c1-4-10(2)21-8-12-15(19-9-21)22(17(24)20-16(12)23)14-7-5-6-13(18)11(14)3/h5-7,10,19H,4,8-9H2,1-3H3,(H,20,23,24)/t10-/m1/s1. The average Bonchev–Trinajstić information content (AvgIpc) is 2.57. The van der Waals surface area contributed by atoms with Crippen LogP contribution >= 0.6 is 11.6 Å². The molecule has 0 bridgehead atoms. The van der Waals surface area contributed by atoms with Crippen molar-refractivity contribution in [3.8, 4) is 5.69 Å². The molecular formula is C17H21ClN4O2. The fraction of sp³-hybridized carbons (Fsp3) is 0.412. The van der Waals surface area contributed by atoms with Crippen molar-refractivity contribution in [2.24, 2.45) is 0 Å². The number of benzene rings is 1. The number of hydrogen-bond acceptors (Lipinski definition) is 4. The Balaban J connectivity index is 2.19. The minimum atomic E-state index is -0.464. The van der Waals surface area contributed by atoms with E-state index in [9.17, 15) is 9.59 Å². The number of fused-ring (bicyclic) bond motifs is 1. The van der Waals surface area contributed by atoms with E-state index in [4.69, 9.17) is 11.6 Å². The van der Waals surface area contributed by atoms with Crippen LogP contribution in [0.2, 0.25) is 5.02 Å². The molecule has 24 heavy (non-hydrogen) atoms. The van der Waals surface area contributed by atoms with Gasteiger partial charge in [0.2, 0.25) is 0 Å². The summed E-state index contributed by atoms with van der Waals surface area (Å²) in [5, 5.41) is 3.83. The number of hydrogen-bond donors (Lipinski definition) is 2. The van der Waals surface area contributed by atoms with E-state index < -0.39 is 5.69 Å². The predicted molar refractivity (Wildman–Crippen MR) is 96.2 cm³/mol. The lowest BCUT2D eigenvalue weighted by atomic mass is 10.1. The summed E-state index contributed by atoms with van der Waals surface area (Å²) in [6.45, 7) is 7.19. The van der Waals surface area contributed by atoms with Gasteiger partial charge >= 0.3 is 5.69 Å². The van der Waals surface area contributed by atoms with Crippen LogP contribution in [0.15, 0.2) is 27.8 Å². The summed E-state index contributed by atoms with van der Waals surface area (Å²) in [4.78, 5) is 29.4. The highest BCUT2D eigenvalue weighted by Crippen LogP contribution is 2.26. The van der Waals surface area contributed by atoms with E-state index in [0.717, 1.165) is 12.0 Å². The summed E-state index contributed by atoms with van der Waals surface area (Å²) in [7, 11) is 0. The quantitative estimate of drug-likeness (QED) is 0.894. The summed E-state index contributed by atoms with van der Waals surface area (Å²) in [6.07, 6.45) is 0.988. The predicted octanol–water partition coefficient (Wildman–Crippen LogP) is 2.47. The third kappa shape index (κ3) is 2.76. The topological polar surface area (TPSA) is 70.1 Å². The van der Waals surface area contributed by atoms with Gasteiger partial charge in [0.15, 0.2) is 0 Å². The summed E-state index contributed by atoms with van der Waals surface area (Å²) < 4.78 is 1.51. The van der Waals surface area contributed by atoms with Crippen LogP contribution in [0.3, 0.4) is 0 Å². The molecule has 0 unspecified atom stereocenters. The Morgan fingerprint density at radius 3 is 2.79 bits per heavy atom. The number of halogens is 1. The van der Waals surface area contributed by atoms with Crippen molar-refractivity contribution in [1.82, 2.24) is 14.5 Å². The van der Waals surface area contributed by atoms with Crippen LogP contribution in [0.1, 0.15) is 31.4 Å². The number of rotatable bonds is 3. The van der Waals surface area contributed by atoms with Gasteiger partial charge in [0.1, 0.15) is 5.82 Å². The SMILES string of the molecule is CC[C@@H](C)N1CNc2c(c(=O)[nH]c(=O)n2-c2cccc(Cl)c2C)C1. The Labute approximate surface area is 145 Å². The molecule has 3 rings (SSSR count). The van der Waals surface area contributed by atoms with Gasteiger partial charge in [-0.1, -0.05) is 24.6 Å². The van der Waals surface area contributed by atoms with Crippen molar-refractivity contribution < 1.29 is 0 Å². The van der Waals surface area contributed by atoms with Crippen LogP contribution in [0, 0.1) is 6.92 Å². The van der Waals surface area contributed by atoms with Crippen molar-refractivity contribution in [1.29, 1.82) is 0 Å². The third-order valence-electron chi connectivity index (χ3n) is 4.71. The molecule has 0 aliphatic carbocycles. The molecule has 2 N–H and O–H groups in total. The lowest BCUT2D eigenvalue weighted by Crippen LogP contribution is -2.45. The number of H-pyrrole nitrogens is 1. The molecule has 2 heterocycles. The number of nitrogens with one attached hydrogen (secondary N) is 2. The van der Waals surface area contributed by atoms with Crippen molar-refractivity contribution in [3.63, 3.8) is 0 Å². The van der Waals surface area contributed by atoms with Gasteiger partial charge in [-0.2, -0.15) is 0 Å². The highest BCUT2D eigenvalue weighted by Gasteiger charge is 2.26. The van der Waals surface area contributed by atoms with Crippen molar-refractivity contribution in [3.05, 3.63) is 55.2 Å². The van der Waals surface area contributed by atoms with Crippen molar-refractivity contribution in [2.45, 2.75) is 39.8 Å². The summed E-state index contributed by atoms with van der Waals surface area (Å²) >= 11 is 6.20. The molecule has 6 nitrogen and oxygen atoms in total. The van der Waals surface area contributed by atoms with Gasteiger partial charge < -0.3 is 5.32 Å². The molecule has 0 radical (unpaired) electrons. The lowest BCUT2D eigenvalue weighted by Gasteiger charge is -2.34. The van der Waals surface area contributed by atoms with Gasteiger partial charge in [-0.15, -0.1) is 0 Å². The molecule has 0 saturated heterocycles. The van der Waals surface area contributed by atoms with Gasteiger partial charge in [0.05, 0.1) is 17.9 Å². The zero-order chi connectivity index (χ0) is 17.4. The molecule has 0 amide bonds. The first-order valence-electron chi connectivity index (χ1n) is 8.05. The monoisotopic (exact) mass is 348 g/mol. The molecule has 1 atom stereocenters. The van der Waals surface area contributed by atoms with Gasteiger partial charge in [0, 0.05) is 17.6 Å². The van der Waals surface area contributed by atoms with Crippen LogP contribution in [0.25, 0.3) is 5.69 Å². The maximum atomic E-state index is 12.5. The first-order chi connectivity index (χ1) is 11.4. The maximum absolute atomic E-state index is 12.5. The molecule has 1 aliphatic heterocycles. The first kappa shape index (κ1) is 16.8. The largest absolute Gasteiger partial charge is 0.358 e. The Hall–Kier alpha value is -2.05. The minimum absolute atomic E-state index is 0.341. The normalized spacial score (nSPS) is 15.7. The molecular weight excluding hydrogens is 328 g/mol.